The molecule has 2 rings (SSSR count). The van der Waals surface area contributed by atoms with Crippen molar-refractivity contribution in [3.8, 4) is 5.75 Å². The van der Waals surface area contributed by atoms with E-state index in [0.717, 1.165) is 37.3 Å². The van der Waals surface area contributed by atoms with E-state index in [1.807, 2.05) is 7.05 Å². The van der Waals surface area contributed by atoms with Crippen LogP contribution in [0.25, 0.3) is 0 Å². The Morgan fingerprint density at radius 1 is 1.33 bits per heavy atom. The predicted molar refractivity (Wildman–Crippen MR) is 113 cm³/mol. The van der Waals surface area contributed by atoms with Crippen molar-refractivity contribution in [1.29, 1.82) is 0 Å². The number of hydrogen-bond acceptors (Lipinski definition) is 2. The molecule has 1 N–H and O–H groups in total. The Morgan fingerprint density at radius 2 is 2.04 bits per heavy atom. The van der Waals surface area contributed by atoms with Gasteiger partial charge >= 0.3 is 0 Å². The first-order chi connectivity index (χ1) is 11.1. The highest BCUT2D eigenvalue weighted by Gasteiger charge is 2.25. The highest BCUT2D eigenvalue weighted by molar-refractivity contribution is 14.0. The van der Waals surface area contributed by atoms with E-state index >= 15 is 0 Å². The van der Waals surface area contributed by atoms with Crippen molar-refractivity contribution >= 4 is 29.9 Å². The minimum absolute atomic E-state index is 0. The molecule has 0 radical (unpaired) electrons. The number of guanidine groups is 1. The molecule has 1 saturated heterocycles. The highest BCUT2D eigenvalue weighted by atomic mass is 127. The van der Waals surface area contributed by atoms with Crippen molar-refractivity contribution in [1.82, 2.24) is 10.2 Å². The van der Waals surface area contributed by atoms with Gasteiger partial charge in [0, 0.05) is 32.6 Å². The zero-order chi connectivity index (χ0) is 16.7. The smallest absolute Gasteiger partial charge is 0.193 e. The van der Waals surface area contributed by atoms with E-state index in [9.17, 15) is 0 Å². The van der Waals surface area contributed by atoms with Crippen LogP contribution in [0.3, 0.4) is 0 Å². The molecule has 0 amide bonds. The Kier molecular flexibility index (Phi) is 9.48. The van der Waals surface area contributed by atoms with Crippen LogP contribution < -0.4 is 10.1 Å². The maximum Gasteiger partial charge on any atom is 0.193 e. The van der Waals surface area contributed by atoms with Crippen LogP contribution >= 0.6 is 24.0 Å². The fourth-order valence-electron chi connectivity index (χ4n) is 3.14. The molecule has 1 aromatic rings. The number of rotatable bonds is 6. The van der Waals surface area contributed by atoms with Gasteiger partial charge in [-0.05, 0) is 42.9 Å². The summed E-state index contributed by atoms with van der Waals surface area (Å²) in [4.78, 5) is 6.83. The van der Waals surface area contributed by atoms with E-state index in [2.05, 4.69) is 53.3 Å². The number of methoxy groups -OCH3 is 1. The van der Waals surface area contributed by atoms with Crippen molar-refractivity contribution in [3.05, 3.63) is 29.8 Å². The van der Waals surface area contributed by atoms with Crippen molar-refractivity contribution in [2.75, 3.05) is 33.8 Å². The topological polar surface area (TPSA) is 36.9 Å². The van der Waals surface area contributed by atoms with Gasteiger partial charge in [0.1, 0.15) is 5.75 Å². The molecule has 1 heterocycles. The number of likely N-dealkylation sites (tertiary alicyclic amines) is 1. The zero-order valence-corrected chi connectivity index (χ0v) is 17.7. The van der Waals surface area contributed by atoms with Gasteiger partial charge in [-0.3, -0.25) is 4.99 Å². The summed E-state index contributed by atoms with van der Waals surface area (Å²) in [6.45, 7) is 7.66. The van der Waals surface area contributed by atoms with Gasteiger partial charge < -0.3 is 15.0 Å². The second-order valence-corrected chi connectivity index (χ2v) is 6.71. The van der Waals surface area contributed by atoms with Crippen LogP contribution in [-0.4, -0.2) is 44.7 Å². The van der Waals surface area contributed by atoms with Crippen LogP contribution in [0.5, 0.6) is 5.75 Å². The summed E-state index contributed by atoms with van der Waals surface area (Å²) in [5.74, 6) is 3.32. The van der Waals surface area contributed by atoms with Gasteiger partial charge in [-0.15, -0.1) is 24.0 Å². The van der Waals surface area contributed by atoms with Gasteiger partial charge in [0.25, 0.3) is 0 Å². The number of halogens is 1. The molecule has 0 saturated carbocycles. The number of benzene rings is 1. The lowest BCUT2D eigenvalue weighted by atomic mass is 9.98. The molecule has 1 aliphatic heterocycles. The molecule has 1 atom stereocenters. The van der Waals surface area contributed by atoms with E-state index in [-0.39, 0.29) is 24.0 Å². The molecular formula is C19H32IN3O. The molecule has 1 aromatic carbocycles. The van der Waals surface area contributed by atoms with Crippen molar-refractivity contribution < 1.29 is 4.74 Å². The minimum Gasteiger partial charge on any atom is -0.497 e. The minimum atomic E-state index is 0. The Bertz CT molecular complexity index is 502. The molecule has 0 spiro atoms. The average molecular weight is 445 g/mol. The lowest BCUT2D eigenvalue weighted by Crippen LogP contribution is -2.40. The first-order valence-electron chi connectivity index (χ1n) is 8.73. The van der Waals surface area contributed by atoms with Gasteiger partial charge in [0.15, 0.2) is 5.96 Å². The van der Waals surface area contributed by atoms with Crippen LogP contribution in [-0.2, 0) is 0 Å². The summed E-state index contributed by atoms with van der Waals surface area (Å²) in [5, 5.41) is 3.51. The SMILES string of the molecule is CN=C(NCCCC(C)C)N1CCC(c2ccc(OC)cc2)C1.I. The standard InChI is InChI=1S/C19H31N3O.HI/c1-15(2)6-5-12-21-19(20-3)22-13-11-17(14-22)16-7-9-18(23-4)10-8-16;/h7-10,15,17H,5-6,11-14H2,1-4H3,(H,20,21);1H. The molecule has 1 unspecified atom stereocenters. The van der Waals surface area contributed by atoms with Crippen LogP contribution in [0, 0.1) is 5.92 Å². The Labute approximate surface area is 164 Å². The Balaban J connectivity index is 0.00000288. The van der Waals surface area contributed by atoms with E-state index in [0.29, 0.717) is 5.92 Å². The van der Waals surface area contributed by atoms with Gasteiger partial charge in [-0.1, -0.05) is 26.0 Å². The quantitative estimate of drug-likeness (QED) is 0.310. The van der Waals surface area contributed by atoms with E-state index in [4.69, 9.17) is 4.74 Å². The Hall–Kier alpha value is -0.980. The number of nitrogens with zero attached hydrogens (tertiary/aromatic N) is 2. The maximum atomic E-state index is 5.24. The van der Waals surface area contributed by atoms with Gasteiger partial charge in [0.2, 0.25) is 0 Å². The van der Waals surface area contributed by atoms with Crippen molar-refractivity contribution in [2.24, 2.45) is 10.9 Å². The molecule has 136 valence electrons. The molecule has 0 aliphatic carbocycles. The summed E-state index contributed by atoms with van der Waals surface area (Å²) < 4.78 is 5.24. The summed E-state index contributed by atoms with van der Waals surface area (Å²) in [6, 6.07) is 8.48. The number of hydrogen-bond donors (Lipinski definition) is 1. The second-order valence-electron chi connectivity index (χ2n) is 6.71. The predicted octanol–water partition coefficient (Wildman–Crippen LogP) is 4.11. The normalized spacial score (nSPS) is 17.8. The average Bonchev–Trinajstić information content (AvgIpc) is 3.04. The molecule has 1 fully saturated rings. The van der Waals surface area contributed by atoms with E-state index in [1.54, 1.807) is 7.11 Å². The van der Waals surface area contributed by atoms with E-state index in [1.165, 1.54) is 24.8 Å². The molecule has 0 aromatic heterocycles. The second kappa shape index (κ2) is 10.8. The van der Waals surface area contributed by atoms with Crippen LogP contribution in [0.15, 0.2) is 29.3 Å². The molecule has 5 heteroatoms. The summed E-state index contributed by atoms with van der Waals surface area (Å²) in [6.07, 6.45) is 3.64. The lowest BCUT2D eigenvalue weighted by molar-refractivity contribution is 0.414. The van der Waals surface area contributed by atoms with Crippen LogP contribution in [0.4, 0.5) is 0 Å². The number of nitrogens with one attached hydrogen (secondary N) is 1. The molecule has 1 aliphatic rings. The summed E-state index contributed by atoms with van der Waals surface area (Å²) in [5.41, 5.74) is 1.39. The third kappa shape index (κ3) is 6.15. The summed E-state index contributed by atoms with van der Waals surface area (Å²) >= 11 is 0. The zero-order valence-electron chi connectivity index (χ0n) is 15.4. The maximum absolute atomic E-state index is 5.24. The first kappa shape index (κ1) is 21.1. The first-order valence-corrected chi connectivity index (χ1v) is 8.73. The van der Waals surface area contributed by atoms with E-state index < -0.39 is 0 Å². The van der Waals surface area contributed by atoms with Gasteiger partial charge in [-0.2, -0.15) is 0 Å². The third-order valence-corrected chi connectivity index (χ3v) is 4.53. The lowest BCUT2D eigenvalue weighted by Gasteiger charge is -2.22. The van der Waals surface area contributed by atoms with Gasteiger partial charge in [0.05, 0.1) is 7.11 Å². The molecule has 0 bridgehead atoms. The third-order valence-electron chi connectivity index (χ3n) is 4.53. The summed E-state index contributed by atoms with van der Waals surface area (Å²) in [7, 11) is 3.59. The molecular weight excluding hydrogens is 413 g/mol. The fraction of sp³-hybridized carbons (Fsp3) is 0.632. The van der Waals surface area contributed by atoms with Crippen LogP contribution in [0.1, 0.15) is 44.6 Å². The molecule has 4 nitrogen and oxygen atoms in total. The largest absolute Gasteiger partial charge is 0.497 e. The fourth-order valence-corrected chi connectivity index (χ4v) is 3.14. The highest BCUT2D eigenvalue weighted by Crippen LogP contribution is 2.28. The van der Waals surface area contributed by atoms with Crippen molar-refractivity contribution in [3.63, 3.8) is 0 Å². The monoisotopic (exact) mass is 445 g/mol. The van der Waals surface area contributed by atoms with Gasteiger partial charge in [-0.25, -0.2) is 0 Å². The Morgan fingerprint density at radius 3 is 2.62 bits per heavy atom. The number of ether oxygens (including phenoxy) is 1. The molecule has 24 heavy (non-hydrogen) atoms. The number of aliphatic imine (C=N–C) groups is 1. The van der Waals surface area contributed by atoms with Crippen LogP contribution in [0.2, 0.25) is 0 Å². The van der Waals surface area contributed by atoms with Crippen molar-refractivity contribution in [2.45, 2.75) is 39.0 Å².